The third-order valence-electron chi connectivity index (χ3n) is 4.85. The van der Waals surface area contributed by atoms with E-state index in [0.29, 0.717) is 37.7 Å². The number of halogens is 3. The summed E-state index contributed by atoms with van der Waals surface area (Å²) < 4.78 is 1.92. The highest BCUT2D eigenvalue weighted by molar-refractivity contribution is 6.36. The number of nitrogens with zero attached hydrogens (tertiary/aromatic N) is 3. The summed E-state index contributed by atoms with van der Waals surface area (Å²) in [5.41, 5.74) is 4.16. The quantitative estimate of drug-likeness (QED) is 0.335. The molecule has 5 aromatic rings. The van der Waals surface area contributed by atoms with Crippen molar-refractivity contribution in [3.63, 3.8) is 0 Å². The minimum Gasteiger partial charge on any atom is -0.304 e. The van der Waals surface area contributed by atoms with Gasteiger partial charge in [0.2, 0.25) is 0 Å². The van der Waals surface area contributed by atoms with Gasteiger partial charge in [-0.3, -0.25) is 4.40 Å². The Balaban J connectivity index is 1.78. The van der Waals surface area contributed by atoms with Crippen molar-refractivity contribution in [1.29, 1.82) is 0 Å². The molecule has 0 saturated carbocycles. The fourth-order valence-electron chi connectivity index (χ4n) is 3.48. The molecule has 3 heterocycles. The van der Waals surface area contributed by atoms with Crippen LogP contribution >= 0.6 is 34.8 Å². The number of H-pyrrole nitrogens is 1. The Hall–Kier alpha value is -3.12. The van der Waals surface area contributed by atoms with Crippen molar-refractivity contribution in [2.24, 2.45) is 0 Å². The maximum atomic E-state index is 12.5. The van der Waals surface area contributed by atoms with Gasteiger partial charge in [0.15, 0.2) is 0 Å². The van der Waals surface area contributed by atoms with Crippen LogP contribution in [0.15, 0.2) is 77.7 Å². The van der Waals surface area contributed by atoms with Crippen molar-refractivity contribution in [3.05, 3.63) is 98.5 Å². The molecule has 2 aromatic carbocycles. The number of hydrogen-bond acceptors (Lipinski definition) is 3. The lowest BCUT2D eigenvalue weighted by molar-refractivity contribution is 1.07. The number of hydrogen-bond donors (Lipinski definition) is 1. The number of fused-ring (bicyclic) bond motifs is 1. The number of pyridine rings is 1. The number of imidazole rings is 1. The smallest absolute Gasteiger partial charge is 0.304 e. The molecule has 1 N–H and O–H groups in total. The van der Waals surface area contributed by atoms with Gasteiger partial charge in [0.25, 0.3) is 0 Å². The third kappa shape index (κ3) is 3.72. The molecule has 0 aliphatic rings. The Morgan fingerprint density at radius 2 is 1.61 bits per heavy atom. The Labute approximate surface area is 191 Å². The molecule has 0 unspecified atom stereocenters. The van der Waals surface area contributed by atoms with E-state index in [1.54, 1.807) is 36.4 Å². The van der Waals surface area contributed by atoms with Crippen LogP contribution in [-0.4, -0.2) is 19.4 Å². The molecule has 0 amide bonds. The zero-order chi connectivity index (χ0) is 21.5. The van der Waals surface area contributed by atoms with Gasteiger partial charge in [-0.1, -0.05) is 53.0 Å². The van der Waals surface area contributed by atoms with E-state index in [9.17, 15) is 4.79 Å². The first kappa shape index (κ1) is 19.8. The zero-order valence-electron chi connectivity index (χ0n) is 15.8. The standard InChI is InChI=1S/C23H13Cl3N4O/c24-14-6-4-13(5-7-14)21-22(30-10-2-1-3-20(30)29-21)19-12-18(27-23(31)28-19)16-9-8-15(25)11-17(16)26/h1-12H,(H,27,28,31). The molecule has 8 heteroatoms. The van der Waals surface area contributed by atoms with Crippen molar-refractivity contribution < 1.29 is 0 Å². The van der Waals surface area contributed by atoms with Gasteiger partial charge in [-0.2, -0.15) is 4.98 Å². The molecule has 0 fully saturated rings. The Bertz CT molecular complexity index is 1490. The second-order valence-electron chi connectivity index (χ2n) is 6.85. The van der Waals surface area contributed by atoms with E-state index in [0.717, 1.165) is 16.9 Å². The van der Waals surface area contributed by atoms with Crippen molar-refractivity contribution in [3.8, 4) is 33.9 Å². The van der Waals surface area contributed by atoms with Crippen LogP contribution in [0.4, 0.5) is 0 Å². The molecular weight excluding hydrogens is 455 g/mol. The fourth-order valence-corrected chi connectivity index (χ4v) is 4.11. The Morgan fingerprint density at radius 1 is 0.839 bits per heavy atom. The highest BCUT2D eigenvalue weighted by atomic mass is 35.5. The van der Waals surface area contributed by atoms with Crippen LogP contribution in [0.3, 0.4) is 0 Å². The van der Waals surface area contributed by atoms with E-state index in [4.69, 9.17) is 39.8 Å². The van der Waals surface area contributed by atoms with E-state index in [-0.39, 0.29) is 0 Å². The van der Waals surface area contributed by atoms with Gasteiger partial charge in [0.05, 0.1) is 27.8 Å². The summed E-state index contributed by atoms with van der Waals surface area (Å²) >= 11 is 18.5. The minimum atomic E-state index is -0.494. The number of aromatic amines is 1. The van der Waals surface area contributed by atoms with E-state index >= 15 is 0 Å². The van der Waals surface area contributed by atoms with Crippen LogP contribution in [0.1, 0.15) is 0 Å². The fraction of sp³-hybridized carbons (Fsp3) is 0. The second-order valence-corrected chi connectivity index (χ2v) is 8.13. The molecule has 0 aliphatic carbocycles. The number of aromatic nitrogens is 4. The topological polar surface area (TPSA) is 63.1 Å². The van der Waals surface area contributed by atoms with Crippen molar-refractivity contribution in [2.45, 2.75) is 0 Å². The van der Waals surface area contributed by atoms with E-state index < -0.39 is 5.69 Å². The molecule has 0 atom stereocenters. The van der Waals surface area contributed by atoms with Crippen molar-refractivity contribution in [2.75, 3.05) is 0 Å². The van der Waals surface area contributed by atoms with Crippen LogP contribution in [0.5, 0.6) is 0 Å². The number of benzene rings is 2. The van der Waals surface area contributed by atoms with Crippen LogP contribution in [0.25, 0.3) is 39.5 Å². The largest absolute Gasteiger partial charge is 0.346 e. The summed E-state index contributed by atoms with van der Waals surface area (Å²) in [6.07, 6.45) is 1.89. The first-order chi connectivity index (χ1) is 15.0. The van der Waals surface area contributed by atoms with E-state index in [1.807, 2.05) is 40.9 Å². The lowest BCUT2D eigenvalue weighted by Crippen LogP contribution is -2.12. The van der Waals surface area contributed by atoms with E-state index in [2.05, 4.69) is 9.97 Å². The molecule has 5 nitrogen and oxygen atoms in total. The monoisotopic (exact) mass is 466 g/mol. The summed E-state index contributed by atoms with van der Waals surface area (Å²) in [7, 11) is 0. The Kier molecular flexibility index (Phi) is 5.02. The van der Waals surface area contributed by atoms with Crippen LogP contribution in [-0.2, 0) is 0 Å². The predicted octanol–water partition coefficient (Wildman–Crippen LogP) is 6.38. The molecule has 3 aromatic heterocycles. The second kappa shape index (κ2) is 7.85. The summed E-state index contributed by atoms with van der Waals surface area (Å²) in [5, 5.41) is 1.55. The maximum Gasteiger partial charge on any atom is 0.346 e. The van der Waals surface area contributed by atoms with Gasteiger partial charge in [-0.15, -0.1) is 0 Å². The van der Waals surface area contributed by atoms with Crippen molar-refractivity contribution in [1.82, 2.24) is 19.4 Å². The van der Waals surface area contributed by atoms with Crippen LogP contribution in [0.2, 0.25) is 15.1 Å². The number of rotatable bonds is 3. The summed E-state index contributed by atoms with van der Waals surface area (Å²) in [5.74, 6) is 0. The van der Waals surface area contributed by atoms with Gasteiger partial charge < -0.3 is 4.98 Å². The SMILES string of the molecule is O=c1nc(-c2ccc(Cl)cc2Cl)cc(-c2c(-c3ccc(Cl)cc3)nc3ccccn23)[nH]1. The predicted molar refractivity (Wildman–Crippen MR) is 125 cm³/mol. The normalized spacial score (nSPS) is 11.2. The van der Waals surface area contributed by atoms with E-state index in [1.165, 1.54) is 0 Å². The molecule has 152 valence electrons. The molecule has 0 saturated heterocycles. The third-order valence-corrected chi connectivity index (χ3v) is 5.65. The highest BCUT2D eigenvalue weighted by Crippen LogP contribution is 2.34. The highest BCUT2D eigenvalue weighted by Gasteiger charge is 2.18. The van der Waals surface area contributed by atoms with Crippen LogP contribution in [0, 0.1) is 0 Å². The van der Waals surface area contributed by atoms with Crippen molar-refractivity contribution >= 4 is 40.4 Å². The number of nitrogens with one attached hydrogen (secondary N) is 1. The van der Waals surface area contributed by atoms with Gasteiger partial charge in [-0.05, 0) is 48.5 Å². The molecular formula is C23H13Cl3N4O. The van der Waals surface area contributed by atoms with Gasteiger partial charge >= 0.3 is 5.69 Å². The lowest BCUT2D eigenvalue weighted by Gasteiger charge is -2.09. The van der Waals surface area contributed by atoms with Gasteiger partial charge in [0.1, 0.15) is 5.65 Å². The summed E-state index contributed by atoms with van der Waals surface area (Å²) in [6.45, 7) is 0. The van der Waals surface area contributed by atoms with Gasteiger partial charge in [0, 0.05) is 27.4 Å². The van der Waals surface area contributed by atoms with Crippen LogP contribution < -0.4 is 5.69 Å². The molecule has 5 rings (SSSR count). The average Bonchev–Trinajstić information content (AvgIpc) is 3.13. The summed E-state index contributed by atoms with van der Waals surface area (Å²) in [6, 6.07) is 20.0. The lowest BCUT2D eigenvalue weighted by atomic mass is 10.1. The Morgan fingerprint density at radius 3 is 2.39 bits per heavy atom. The maximum absolute atomic E-state index is 12.5. The van der Waals surface area contributed by atoms with Gasteiger partial charge in [-0.25, -0.2) is 9.78 Å². The minimum absolute atomic E-state index is 0.410. The first-order valence-electron chi connectivity index (χ1n) is 9.30. The molecule has 0 bridgehead atoms. The molecule has 0 spiro atoms. The summed E-state index contributed by atoms with van der Waals surface area (Å²) in [4.78, 5) is 24.2. The average molecular weight is 468 g/mol. The molecule has 0 aliphatic heterocycles. The first-order valence-corrected chi connectivity index (χ1v) is 10.4. The molecule has 31 heavy (non-hydrogen) atoms. The zero-order valence-corrected chi connectivity index (χ0v) is 18.1. The molecule has 0 radical (unpaired) electrons.